The molecule has 3 heterocycles. The molecule has 0 aromatic carbocycles. The molecule has 0 saturated carbocycles. The standard InChI is InChI=1S/C21H35N5O6Si/c1-12(2)17(27)24-19-23-16-15(18(28)25-19)22-11-26(16)21(29)9-13(30-6)14(32-21)10-31-33(7,8)20(3,4)5/h11-14,29H,9-10H2,1-8H3,(H2,23,24,25,27,28)/t13-,14+,21?/m0/s1. The number of methoxy groups -OCH3 is 1. The van der Waals surface area contributed by atoms with Gasteiger partial charge in [-0.15, -0.1) is 0 Å². The van der Waals surface area contributed by atoms with Crippen LogP contribution in [-0.4, -0.2) is 64.8 Å². The van der Waals surface area contributed by atoms with E-state index in [2.05, 4.69) is 54.1 Å². The highest BCUT2D eigenvalue weighted by atomic mass is 28.4. The molecule has 0 spiro atoms. The lowest BCUT2D eigenvalue weighted by molar-refractivity contribution is -0.253. The van der Waals surface area contributed by atoms with E-state index in [4.69, 9.17) is 13.9 Å². The Morgan fingerprint density at radius 3 is 2.70 bits per heavy atom. The first-order chi connectivity index (χ1) is 15.2. The van der Waals surface area contributed by atoms with Crippen LogP contribution in [0.4, 0.5) is 5.95 Å². The van der Waals surface area contributed by atoms with Crippen LogP contribution in [0.5, 0.6) is 0 Å². The van der Waals surface area contributed by atoms with E-state index in [1.54, 1.807) is 21.0 Å². The van der Waals surface area contributed by atoms with Gasteiger partial charge in [-0.1, -0.05) is 34.6 Å². The summed E-state index contributed by atoms with van der Waals surface area (Å²) in [7, 11) is -0.496. The van der Waals surface area contributed by atoms with Gasteiger partial charge in [-0.2, -0.15) is 4.98 Å². The summed E-state index contributed by atoms with van der Waals surface area (Å²) >= 11 is 0. The van der Waals surface area contributed by atoms with E-state index in [1.807, 2.05) is 0 Å². The van der Waals surface area contributed by atoms with E-state index in [1.165, 1.54) is 10.9 Å². The molecule has 3 rings (SSSR count). The third-order valence-electron chi connectivity index (χ3n) is 6.49. The van der Waals surface area contributed by atoms with Crippen LogP contribution in [0.25, 0.3) is 11.2 Å². The molecule has 0 bridgehead atoms. The van der Waals surface area contributed by atoms with Crippen molar-refractivity contribution in [2.75, 3.05) is 19.0 Å². The molecule has 3 atom stereocenters. The van der Waals surface area contributed by atoms with Gasteiger partial charge in [-0.3, -0.25) is 24.5 Å². The lowest BCUT2D eigenvalue weighted by atomic mass is 10.1. The Kier molecular flexibility index (Phi) is 6.89. The van der Waals surface area contributed by atoms with Gasteiger partial charge in [0, 0.05) is 13.0 Å². The van der Waals surface area contributed by atoms with Crippen molar-refractivity contribution in [3.8, 4) is 0 Å². The Hall–Kier alpha value is -2.12. The molecule has 1 saturated heterocycles. The summed E-state index contributed by atoms with van der Waals surface area (Å²) in [6.07, 6.45) is 0.404. The van der Waals surface area contributed by atoms with Crippen molar-refractivity contribution >= 4 is 31.3 Å². The first-order valence-electron chi connectivity index (χ1n) is 11.0. The number of carbonyl (C=O) groups excluding carboxylic acids is 1. The molecule has 184 valence electrons. The zero-order valence-corrected chi connectivity index (χ0v) is 21.6. The molecule has 1 amide bonds. The number of H-pyrrole nitrogens is 1. The highest BCUT2D eigenvalue weighted by Gasteiger charge is 2.49. The minimum Gasteiger partial charge on any atom is -0.414 e. The minimum absolute atomic E-state index is 0.0181. The predicted molar refractivity (Wildman–Crippen MR) is 125 cm³/mol. The predicted octanol–water partition coefficient (Wildman–Crippen LogP) is 2.14. The third kappa shape index (κ3) is 5.04. The number of fused-ring (bicyclic) bond motifs is 1. The van der Waals surface area contributed by atoms with Crippen LogP contribution < -0.4 is 10.9 Å². The summed E-state index contributed by atoms with van der Waals surface area (Å²) in [5.41, 5.74) is -0.439. The van der Waals surface area contributed by atoms with Crippen molar-refractivity contribution in [1.29, 1.82) is 0 Å². The van der Waals surface area contributed by atoms with Crippen LogP contribution in [0.3, 0.4) is 0 Å². The Morgan fingerprint density at radius 1 is 1.45 bits per heavy atom. The second-order valence-electron chi connectivity index (χ2n) is 10.3. The van der Waals surface area contributed by atoms with E-state index < -0.39 is 32.0 Å². The Bertz CT molecular complexity index is 1080. The Balaban J connectivity index is 1.90. The number of carbonyl (C=O) groups is 1. The highest BCUT2D eigenvalue weighted by molar-refractivity contribution is 6.74. The first kappa shape index (κ1) is 25.5. The number of amides is 1. The second kappa shape index (κ2) is 8.91. The van der Waals surface area contributed by atoms with Crippen LogP contribution in [-0.2, 0) is 24.6 Å². The molecule has 2 aromatic rings. The topological polar surface area (TPSA) is 141 Å². The van der Waals surface area contributed by atoms with Crippen molar-refractivity contribution in [2.24, 2.45) is 5.92 Å². The molecular formula is C21H35N5O6Si. The van der Waals surface area contributed by atoms with E-state index >= 15 is 0 Å². The summed E-state index contributed by atoms with van der Waals surface area (Å²) in [5, 5.41) is 14.0. The maximum atomic E-state index is 12.5. The number of aromatic amines is 1. The highest BCUT2D eigenvalue weighted by Crippen LogP contribution is 2.39. The van der Waals surface area contributed by atoms with Gasteiger partial charge in [0.25, 0.3) is 11.5 Å². The normalized spacial score (nSPS) is 24.1. The molecule has 1 unspecified atom stereocenters. The number of nitrogens with one attached hydrogen (secondary N) is 2. The Labute approximate surface area is 194 Å². The van der Waals surface area contributed by atoms with E-state index in [0.717, 1.165) is 0 Å². The van der Waals surface area contributed by atoms with Crippen LogP contribution in [0.1, 0.15) is 41.0 Å². The number of hydrogen-bond donors (Lipinski definition) is 3. The summed E-state index contributed by atoms with van der Waals surface area (Å²) in [5.74, 6) is -2.49. The van der Waals surface area contributed by atoms with Crippen molar-refractivity contribution < 1.29 is 23.8 Å². The molecule has 0 radical (unpaired) electrons. The smallest absolute Gasteiger partial charge is 0.280 e. The summed E-state index contributed by atoms with van der Waals surface area (Å²) < 4.78 is 19.2. The van der Waals surface area contributed by atoms with Crippen molar-refractivity contribution in [1.82, 2.24) is 19.5 Å². The molecule has 33 heavy (non-hydrogen) atoms. The maximum absolute atomic E-state index is 12.5. The van der Waals surface area contributed by atoms with Gasteiger partial charge in [-0.05, 0) is 18.1 Å². The zero-order chi connectivity index (χ0) is 24.8. The van der Waals surface area contributed by atoms with Crippen LogP contribution in [0, 0.1) is 5.92 Å². The molecule has 1 aliphatic heterocycles. The van der Waals surface area contributed by atoms with Crippen LogP contribution in [0.2, 0.25) is 18.1 Å². The monoisotopic (exact) mass is 481 g/mol. The Morgan fingerprint density at radius 2 is 2.12 bits per heavy atom. The van der Waals surface area contributed by atoms with Gasteiger partial charge in [0.1, 0.15) is 12.4 Å². The van der Waals surface area contributed by atoms with Gasteiger partial charge >= 0.3 is 0 Å². The van der Waals surface area contributed by atoms with E-state index in [-0.39, 0.29) is 47.0 Å². The molecule has 3 N–H and O–H groups in total. The van der Waals surface area contributed by atoms with E-state index in [9.17, 15) is 14.7 Å². The average Bonchev–Trinajstić information content (AvgIpc) is 3.27. The molecule has 12 heteroatoms. The number of ether oxygens (including phenoxy) is 2. The number of imidazole rings is 1. The number of aromatic nitrogens is 4. The molecule has 0 aliphatic carbocycles. The average molecular weight is 482 g/mol. The van der Waals surface area contributed by atoms with Crippen molar-refractivity contribution in [3.63, 3.8) is 0 Å². The van der Waals surface area contributed by atoms with Crippen molar-refractivity contribution in [3.05, 3.63) is 16.7 Å². The molecule has 2 aromatic heterocycles. The van der Waals surface area contributed by atoms with Gasteiger partial charge in [0.2, 0.25) is 11.9 Å². The van der Waals surface area contributed by atoms with E-state index in [0.29, 0.717) is 0 Å². The zero-order valence-electron chi connectivity index (χ0n) is 20.6. The fraction of sp³-hybridized carbons (Fsp3) is 0.714. The molecular weight excluding hydrogens is 446 g/mol. The number of anilines is 1. The second-order valence-corrected chi connectivity index (χ2v) is 15.1. The van der Waals surface area contributed by atoms with Gasteiger partial charge in [0.15, 0.2) is 19.5 Å². The lowest BCUT2D eigenvalue weighted by Gasteiger charge is -2.37. The first-order valence-corrected chi connectivity index (χ1v) is 13.9. The van der Waals surface area contributed by atoms with Gasteiger partial charge in [-0.25, -0.2) is 4.98 Å². The number of nitrogens with zero attached hydrogens (tertiary/aromatic N) is 3. The fourth-order valence-electron chi connectivity index (χ4n) is 3.28. The quantitative estimate of drug-likeness (QED) is 0.511. The molecule has 11 nitrogen and oxygen atoms in total. The molecule has 1 fully saturated rings. The fourth-order valence-corrected chi connectivity index (χ4v) is 4.30. The SMILES string of the molecule is CO[C@H]1CC(O)(n2cnc3c(=O)[nH]c(NC(=O)C(C)C)nc32)O[C@@H]1CO[Si](C)(C)C(C)(C)C. The number of hydrogen-bond acceptors (Lipinski definition) is 8. The molecule has 1 aliphatic rings. The maximum Gasteiger partial charge on any atom is 0.280 e. The summed E-state index contributed by atoms with van der Waals surface area (Å²) in [6.45, 7) is 14.4. The minimum atomic E-state index is -2.05. The number of aliphatic hydroxyl groups is 1. The van der Waals surface area contributed by atoms with Crippen LogP contribution in [0.15, 0.2) is 11.1 Å². The van der Waals surface area contributed by atoms with Gasteiger partial charge < -0.3 is 19.0 Å². The van der Waals surface area contributed by atoms with Crippen LogP contribution >= 0.6 is 0 Å². The lowest BCUT2D eigenvalue weighted by Crippen LogP contribution is -2.44. The number of rotatable bonds is 7. The third-order valence-corrected chi connectivity index (χ3v) is 11.0. The summed E-state index contributed by atoms with van der Waals surface area (Å²) in [4.78, 5) is 35.4. The summed E-state index contributed by atoms with van der Waals surface area (Å²) in [6, 6.07) is 0. The van der Waals surface area contributed by atoms with Gasteiger partial charge in [0.05, 0.1) is 19.1 Å². The van der Waals surface area contributed by atoms with Crippen molar-refractivity contribution in [2.45, 2.75) is 77.3 Å². The largest absolute Gasteiger partial charge is 0.414 e.